The first-order chi connectivity index (χ1) is 13.3. The maximum atomic E-state index is 12.8. The van der Waals surface area contributed by atoms with E-state index in [-0.39, 0.29) is 11.3 Å². The van der Waals surface area contributed by atoms with Crippen molar-refractivity contribution >= 4 is 29.6 Å². The molecule has 0 aliphatic carbocycles. The van der Waals surface area contributed by atoms with Gasteiger partial charge in [0.1, 0.15) is 5.83 Å². The minimum absolute atomic E-state index is 0.113. The van der Waals surface area contributed by atoms with Crippen molar-refractivity contribution in [3.8, 4) is 0 Å². The number of primary amides is 1. The minimum Gasteiger partial charge on any atom is -0.366 e. The molecule has 1 fully saturated rings. The molecule has 1 saturated heterocycles. The van der Waals surface area contributed by atoms with E-state index < -0.39 is 29.6 Å². The predicted molar refractivity (Wildman–Crippen MR) is 103 cm³/mol. The van der Waals surface area contributed by atoms with Crippen molar-refractivity contribution in [2.45, 2.75) is 32.2 Å². The van der Waals surface area contributed by atoms with E-state index in [0.29, 0.717) is 18.5 Å². The molecule has 1 aliphatic heterocycles. The second-order valence-corrected chi connectivity index (χ2v) is 6.36. The molecule has 0 unspecified atom stereocenters. The van der Waals surface area contributed by atoms with Gasteiger partial charge in [0.15, 0.2) is 0 Å². The third-order valence-corrected chi connectivity index (χ3v) is 4.16. The van der Waals surface area contributed by atoms with E-state index in [1.54, 1.807) is 0 Å². The Hall–Kier alpha value is -3.36. The zero-order valence-corrected chi connectivity index (χ0v) is 15.5. The SMILES string of the molecule is C=C(/C=N\C=C(/C)F)[C@@H]1CCCCN1C(=O)C(=O)Nc1cncc(C(N)=O)c1. The maximum Gasteiger partial charge on any atom is 0.313 e. The van der Waals surface area contributed by atoms with Gasteiger partial charge in [0, 0.05) is 19.0 Å². The summed E-state index contributed by atoms with van der Waals surface area (Å²) >= 11 is 0. The van der Waals surface area contributed by atoms with Crippen LogP contribution in [-0.2, 0) is 9.59 Å². The Labute approximate surface area is 162 Å². The highest BCUT2D eigenvalue weighted by atomic mass is 19.1. The number of allylic oxidation sites excluding steroid dienone is 1. The normalized spacial score (nSPS) is 17.4. The topological polar surface area (TPSA) is 118 Å². The molecule has 1 atom stereocenters. The van der Waals surface area contributed by atoms with Crippen LogP contribution < -0.4 is 11.1 Å². The minimum atomic E-state index is -0.862. The summed E-state index contributed by atoms with van der Waals surface area (Å²) in [7, 11) is 0. The van der Waals surface area contributed by atoms with Crippen LogP contribution in [0.2, 0.25) is 0 Å². The fourth-order valence-corrected chi connectivity index (χ4v) is 2.84. The smallest absolute Gasteiger partial charge is 0.313 e. The van der Waals surface area contributed by atoms with E-state index in [2.05, 4.69) is 21.9 Å². The summed E-state index contributed by atoms with van der Waals surface area (Å²) in [6.45, 7) is 5.55. The number of amides is 3. The average Bonchev–Trinajstić information content (AvgIpc) is 2.67. The van der Waals surface area contributed by atoms with Gasteiger partial charge in [0.25, 0.3) is 0 Å². The Morgan fingerprint density at radius 3 is 2.82 bits per heavy atom. The summed E-state index contributed by atoms with van der Waals surface area (Å²) in [5.41, 5.74) is 5.99. The summed E-state index contributed by atoms with van der Waals surface area (Å²) < 4.78 is 12.8. The number of nitrogens with zero attached hydrogens (tertiary/aromatic N) is 3. The van der Waals surface area contributed by atoms with Gasteiger partial charge in [0.2, 0.25) is 5.91 Å². The van der Waals surface area contributed by atoms with Gasteiger partial charge < -0.3 is 16.0 Å². The molecule has 1 aromatic rings. The van der Waals surface area contributed by atoms with Crippen LogP contribution in [0.25, 0.3) is 0 Å². The number of halogens is 1. The highest BCUT2D eigenvalue weighted by molar-refractivity contribution is 6.39. The van der Waals surface area contributed by atoms with Crippen molar-refractivity contribution in [1.82, 2.24) is 9.88 Å². The number of aliphatic imine (C=N–C) groups is 1. The van der Waals surface area contributed by atoms with Gasteiger partial charge >= 0.3 is 11.8 Å². The number of hydrogen-bond acceptors (Lipinski definition) is 5. The lowest BCUT2D eigenvalue weighted by Crippen LogP contribution is -2.49. The van der Waals surface area contributed by atoms with E-state index in [9.17, 15) is 18.8 Å². The zero-order valence-electron chi connectivity index (χ0n) is 15.5. The lowest BCUT2D eigenvalue weighted by Gasteiger charge is -2.35. The summed E-state index contributed by atoms with van der Waals surface area (Å²) in [6, 6.07) is 0.935. The van der Waals surface area contributed by atoms with Gasteiger partial charge in [-0.3, -0.25) is 24.4 Å². The lowest BCUT2D eigenvalue weighted by atomic mass is 9.96. The van der Waals surface area contributed by atoms with Crippen molar-refractivity contribution in [2.75, 3.05) is 11.9 Å². The number of aromatic nitrogens is 1. The second kappa shape index (κ2) is 9.54. The van der Waals surface area contributed by atoms with Crippen molar-refractivity contribution in [3.05, 3.63) is 48.2 Å². The van der Waals surface area contributed by atoms with E-state index in [0.717, 1.165) is 19.0 Å². The highest BCUT2D eigenvalue weighted by Crippen LogP contribution is 2.22. The number of likely N-dealkylation sites (tertiary alicyclic amines) is 1. The quantitative estimate of drug-likeness (QED) is 0.593. The molecule has 0 spiro atoms. The molecule has 148 valence electrons. The number of hydrogen-bond donors (Lipinski definition) is 2. The Kier molecular flexibility index (Phi) is 7.14. The molecule has 1 aromatic heterocycles. The molecule has 3 amide bonds. The maximum absolute atomic E-state index is 12.8. The van der Waals surface area contributed by atoms with Gasteiger partial charge in [-0.25, -0.2) is 4.39 Å². The van der Waals surface area contributed by atoms with Crippen LogP contribution in [-0.4, -0.2) is 46.4 Å². The highest BCUT2D eigenvalue weighted by Gasteiger charge is 2.32. The summed E-state index contributed by atoms with van der Waals surface area (Å²) in [5.74, 6) is -2.74. The molecule has 2 heterocycles. The standard InChI is InChI=1S/C19H22FN5O3/c1-12(8-22-9-13(2)20)16-5-3-4-6-25(16)19(28)18(27)24-15-7-14(17(21)26)10-23-11-15/h7-11,16H,1,3-6H2,2H3,(H2,21,26)(H,24,27)/b13-9+,22-8-/t16-/m0/s1. The monoisotopic (exact) mass is 387 g/mol. The first kappa shape index (κ1) is 20.9. The first-order valence-corrected chi connectivity index (χ1v) is 8.70. The molecule has 0 aromatic carbocycles. The van der Waals surface area contributed by atoms with Gasteiger partial charge in [-0.05, 0) is 37.8 Å². The molecule has 0 saturated carbocycles. The van der Waals surface area contributed by atoms with Gasteiger partial charge in [-0.2, -0.15) is 0 Å². The molecule has 28 heavy (non-hydrogen) atoms. The molecule has 0 bridgehead atoms. The fourth-order valence-electron chi connectivity index (χ4n) is 2.84. The molecular weight excluding hydrogens is 365 g/mol. The van der Waals surface area contributed by atoms with E-state index >= 15 is 0 Å². The Morgan fingerprint density at radius 1 is 1.39 bits per heavy atom. The summed E-state index contributed by atoms with van der Waals surface area (Å²) in [4.78, 5) is 45.3. The van der Waals surface area contributed by atoms with E-state index in [1.807, 2.05) is 0 Å². The molecule has 0 radical (unpaired) electrons. The summed E-state index contributed by atoms with van der Waals surface area (Å²) in [5, 5.41) is 2.43. The molecule has 8 nitrogen and oxygen atoms in total. The summed E-state index contributed by atoms with van der Waals surface area (Å²) in [6.07, 6.45) is 7.25. The molecular formula is C19H22FN5O3. The zero-order chi connectivity index (χ0) is 20.7. The van der Waals surface area contributed by atoms with Crippen LogP contribution in [0.4, 0.5) is 10.1 Å². The first-order valence-electron chi connectivity index (χ1n) is 8.70. The van der Waals surface area contributed by atoms with Crippen molar-refractivity contribution in [1.29, 1.82) is 0 Å². The molecule has 9 heteroatoms. The van der Waals surface area contributed by atoms with Crippen LogP contribution in [0.15, 0.2) is 47.6 Å². The van der Waals surface area contributed by atoms with Crippen LogP contribution in [0.5, 0.6) is 0 Å². The Bertz CT molecular complexity index is 846. The number of nitrogens with one attached hydrogen (secondary N) is 1. The number of carbonyl (C=O) groups excluding carboxylic acids is 3. The third-order valence-electron chi connectivity index (χ3n) is 4.16. The average molecular weight is 387 g/mol. The lowest BCUT2D eigenvalue weighted by molar-refractivity contribution is -0.145. The third kappa shape index (κ3) is 5.57. The number of carbonyl (C=O) groups is 3. The Balaban J connectivity index is 2.11. The van der Waals surface area contributed by atoms with Crippen molar-refractivity contribution in [3.63, 3.8) is 0 Å². The van der Waals surface area contributed by atoms with Gasteiger partial charge in [-0.15, -0.1) is 0 Å². The largest absolute Gasteiger partial charge is 0.366 e. The Morgan fingerprint density at radius 2 is 2.14 bits per heavy atom. The number of piperidine rings is 1. The van der Waals surface area contributed by atoms with Crippen molar-refractivity contribution in [2.24, 2.45) is 10.7 Å². The van der Waals surface area contributed by atoms with Gasteiger partial charge in [0.05, 0.1) is 29.7 Å². The number of nitrogens with two attached hydrogens (primary N) is 1. The number of pyridine rings is 1. The molecule has 2 rings (SSSR count). The van der Waals surface area contributed by atoms with Crippen LogP contribution in [0.3, 0.4) is 0 Å². The van der Waals surface area contributed by atoms with E-state index in [4.69, 9.17) is 5.73 Å². The van der Waals surface area contributed by atoms with E-state index in [1.165, 1.54) is 36.5 Å². The second-order valence-electron chi connectivity index (χ2n) is 6.36. The molecule has 1 aliphatic rings. The molecule has 3 N–H and O–H groups in total. The number of rotatable bonds is 5. The fraction of sp³-hybridized carbons (Fsp3) is 0.316. The van der Waals surface area contributed by atoms with Crippen LogP contribution >= 0.6 is 0 Å². The van der Waals surface area contributed by atoms with Gasteiger partial charge in [-0.1, -0.05) is 6.58 Å². The van der Waals surface area contributed by atoms with Crippen LogP contribution in [0, 0.1) is 0 Å². The predicted octanol–water partition coefficient (Wildman–Crippen LogP) is 1.96. The number of anilines is 1. The van der Waals surface area contributed by atoms with Crippen molar-refractivity contribution < 1.29 is 18.8 Å². The van der Waals surface area contributed by atoms with Crippen LogP contribution in [0.1, 0.15) is 36.5 Å².